The maximum atomic E-state index is 11.0. The molecule has 4 heteroatoms. The molecule has 0 bridgehead atoms. The van der Waals surface area contributed by atoms with Gasteiger partial charge >= 0.3 is 5.97 Å². The van der Waals surface area contributed by atoms with E-state index in [0.29, 0.717) is 13.2 Å². The van der Waals surface area contributed by atoms with Crippen LogP contribution in [-0.4, -0.2) is 31.3 Å². The summed E-state index contributed by atoms with van der Waals surface area (Å²) >= 11 is 0. The van der Waals surface area contributed by atoms with Crippen LogP contribution < -0.4 is 4.90 Å². The smallest absolute Gasteiger partial charge is 0.330 e. The van der Waals surface area contributed by atoms with E-state index in [1.165, 1.54) is 6.08 Å². The third-order valence-electron chi connectivity index (χ3n) is 2.19. The molecule has 0 spiro atoms. The van der Waals surface area contributed by atoms with Gasteiger partial charge < -0.3 is 14.7 Å². The van der Waals surface area contributed by atoms with Gasteiger partial charge in [-0.15, -0.1) is 0 Å². The van der Waals surface area contributed by atoms with E-state index in [1.807, 2.05) is 18.0 Å². The molecule has 0 fully saturated rings. The van der Waals surface area contributed by atoms with E-state index in [9.17, 15) is 9.90 Å². The largest absolute Gasteiger partial charge is 0.508 e. The second kappa shape index (κ2) is 6.58. The molecule has 92 valence electrons. The molecule has 1 N–H and O–H groups in total. The highest BCUT2D eigenvalue weighted by atomic mass is 16.5. The molecule has 0 aromatic heterocycles. The van der Waals surface area contributed by atoms with Crippen LogP contribution in [0.15, 0.2) is 36.4 Å². The lowest BCUT2D eigenvalue weighted by Crippen LogP contribution is -2.16. The third-order valence-corrected chi connectivity index (χ3v) is 2.19. The number of rotatable bonds is 5. The first-order valence-electron chi connectivity index (χ1n) is 5.47. The lowest BCUT2D eigenvalue weighted by Gasteiger charge is -2.17. The number of aromatic hydroxyl groups is 1. The van der Waals surface area contributed by atoms with Crippen molar-refractivity contribution >= 4 is 11.7 Å². The molecular formula is C13H17NO3. The zero-order valence-electron chi connectivity index (χ0n) is 10.1. The number of ether oxygens (including phenoxy) is 1. The summed E-state index contributed by atoms with van der Waals surface area (Å²) in [5, 5.41) is 9.33. The van der Waals surface area contributed by atoms with Crippen LogP contribution in [0.2, 0.25) is 0 Å². The first-order chi connectivity index (χ1) is 8.13. The van der Waals surface area contributed by atoms with Gasteiger partial charge in [0, 0.05) is 31.4 Å². The van der Waals surface area contributed by atoms with Gasteiger partial charge in [0.25, 0.3) is 0 Å². The number of carbonyl (C=O) groups excluding carboxylic acids is 1. The molecule has 0 heterocycles. The molecule has 0 unspecified atom stereocenters. The number of likely N-dealkylation sites (N-methyl/N-ethyl adjacent to an activating group) is 1. The number of phenolic OH excluding ortho intramolecular Hbond substituents is 1. The Balaban J connectivity index is 2.50. The number of anilines is 1. The van der Waals surface area contributed by atoms with Crippen LogP contribution in [0.25, 0.3) is 0 Å². The molecule has 4 nitrogen and oxygen atoms in total. The molecule has 1 rings (SSSR count). The minimum absolute atomic E-state index is 0.226. The van der Waals surface area contributed by atoms with Gasteiger partial charge in [-0.05, 0) is 19.1 Å². The third kappa shape index (κ3) is 4.59. The molecule has 1 aromatic carbocycles. The maximum Gasteiger partial charge on any atom is 0.330 e. The van der Waals surface area contributed by atoms with E-state index in [4.69, 9.17) is 4.74 Å². The predicted molar refractivity (Wildman–Crippen MR) is 67.1 cm³/mol. The number of esters is 1. The van der Waals surface area contributed by atoms with Crippen molar-refractivity contribution in [3.05, 3.63) is 36.4 Å². The summed E-state index contributed by atoms with van der Waals surface area (Å²) in [6.07, 6.45) is 3.13. The molecule has 0 atom stereocenters. The van der Waals surface area contributed by atoms with Gasteiger partial charge in [-0.25, -0.2) is 4.79 Å². The van der Waals surface area contributed by atoms with Crippen LogP contribution in [0, 0.1) is 0 Å². The minimum Gasteiger partial charge on any atom is -0.508 e. The van der Waals surface area contributed by atoms with Crippen molar-refractivity contribution in [2.45, 2.75) is 6.92 Å². The quantitative estimate of drug-likeness (QED) is 0.626. The molecule has 0 aliphatic carbocycles. The average molecular weight is 235 g/mol. The molecule has 17 heavy (non-hydrogen) atoms. The standard InChI is InChI=1S/C13H17NO3/c1-3-17-13(16)8-5-9-14(2)11-6-4-7-12(15)10-11/h4-8,10,15H,3,9H2,1-2H3/b8-5+. The Morgan fingerprint density at radius 2 is 2.29 bits per heavy atom. The lowest BCUT2D eigenvalue weighted by molar-refractivity contribution is -0.137. The van der Waals surface area contributed by atoms with Gasteiger partial charge in [0.1, 0.15) is 5.75 Å². The first-order valence-corrected chi connectivity index (χ1v) is 5.47. The van der Waals surface area contributed by atoms with Crippen molar-refractivity contribution in [3.8, 4) is 5.75 Å². The fourth-order valence-corrected chi connectivity index (χ4v) is 1.33. The highest BCUT2D eigenvalue weighted by Crippen LogP contribution is 2.18. The van der Waals surface area contributed by atoms with Crippen LogP contribution in [0.1, 0.15) is 6.92 Å². The van der Waals surface area contributed by atoms with Crippen molar-refractivity contribution in [2.24, 2.45) is 0 Å². The molecule has 0 saturated carbocycles. The molecular weight excluding hydrogens is 218 g/mol. The van der Waals surface area contributed by atoms with E-state index in [1.54, 1.807) is 31.2 Å². The predicted octanol–water partition coefficient (Wildman–Crippen LogP) is 1.95. The monoisotopic (exact) mass is 235 g/mol. The molecule has 0 aliphatic rings. The molecule has 0 radical (unpaired) electrons. The average Bonchev–Trinajstić information content (AvgIpc) is 2.29. The Morgan fingerprint density at radius 3 is 2.94 bits per heavy atom. The van der Waals surface area contributed by atoms with Gasteiger partial charge in [-0.1, -0.05) is 12.1 Å². The number of hydrogen-bond donors (Lipinski definition) is 1. The van der Waals surface area contributed by atoms with Gasteiger partial charge in [0.05, 0.1) is 6.61 Å². The van der Waals surface area contributed by atoms with E-state index in [0.717, 1.165) is 5.69 Å². The Kier molecular flexibility index (Phi) is 5.07. The summed E-state index contributed by atoms with van der Waals surface area (Å²) in [7, 11) is 1.88. The van der Waals surface area contributed by atoms with Crippen molar-refractivity contribution in [2.75, 3.05) is 25.1 Å². The van der Waals surface area contributed by atoms with Crippen molar-refractivity contribution < 1.29 is 14.6 Å². The van der Waals surface area contributed by atoms with Gasteiger partial charge in [-0.2, -0.15) is 0 Å². The zero-order valence-corrected chi connectivity index (χ0v) is 10.1. The Labute approximate surface area is 101 Å². The molecule has 0 amide bonds. The Hall–Kier alpha value is -1.97. The summed E-state index contributed by atoms with van der Waals surface area (Å²) < 4.78 is 4.76. The van der Waals surface area contributed by atoms with Crippen molar-refractivity contribution in [1.29, 1.82) is 0 Å². The van der Waals surface area contributed by atoms with Gasteiger partial charge in [0.15, 0.2) is 0 Å². The molecule has 0 aliphatic heterocycles. The maximum absolute atomic E-state index is 11.0. The summed E-state index contributed by atoms with van der Waals surface area (Å²) in [6.45, 7) is 2.72. The highest BCUT2D eigenvalue weighted by Gasteiger charge is 2.00. The number of hydrogen-bond acceptors (Lipinski definition) is 4. The van der Waals surface area contributed by atoms with Gasteiger partial charge in [0.2, 0.25) is 0 Å². The number of benzene rings is 1. The minimum atomic E-state index is -0.336. The SMILES string of the molecule is CCOC(=O)/C=C/CN(C)c1cccc(O)c1. The summed E-state index contributed by atoms with van der Waals surface area (Å²) in [4.78, 5) is 13.0. The van der Waals surface area contributed by atoms with Crippen LogP contribution in [0.3, 0.4) is 0 Å². The van der Waals surface area contributed by atoms with Crippen molar-refractivity contribution in [3.63, 3.8) is 0 Å². The summed E-state index contributed by atoms with van der Waals surface area (Å²) in [5.74, 6) is -0.111. The van der Waals surface area contributed by atoms with Crippen LogP contribution >= 0.6 is 0 Å². The fourth-order valence-electron chi connectivity index (χ4n) is 1.33. The first kappa shape index (κ1) is 13.1. The van der Waals surface area contributed by atoms with Crippen LogP contribution in [0.5, 0.6) is 5.75 Å². The van der Waals surface area contributed by atoms with Crippen LogP contribution in [-0.2, 0) is 9.53 Å². The summed E-state index contributed by atoms with van der Waals surface area (Å²) in [5.41, 5.74) is 0.888. The molecule has 1 aromatic rings. The lowest BCUT2D eigenvalue weighted by atomic mass is 10.3. The second-order valence-electron chi connectivity index (χ2n) is 3.55. The fraction of sp³-hybridized carbons (Fsp3) is 0.308. The zero-order chi connectivity index (χ0) is 12.7. The number of carbonyl (C=O) groups is 1. The Bertz CT molecular complexity index is 401. The van der Waals surface area contributed by atoms with E-state index >= 15 is 0 Å². The van der Waals surface area contributed by atoms with Crippen molar-refractivity contribution in [1.82, 2.24) is 0 Å². The van der Waals surface area contributed by atoms with E-state index in [2.05, 4.69) is 0 Å². The normalized spacial score (nSPS) is 10.5. The topological polar surface area (TPSA) is 49.8 Å². The van der Waals surface area contributed by atoms with Crippen LogP contribution in [0.4, 0.5) is 5.69 Å². The second-order valence-corrected chi connectivity index (χ2v) is 3.55. The van der Waals surface area contributed by atoms with Gasteiger partial charge in [-0.3, -0.25) is 0 Å². The Morgan fingerprint density at radius 1 is 1.53 bits per heavy atom. The number of nitrogens with zero attached hydrogens (tertiary/aromatic N) is 1. The summed E-state index contributed by atoms with van der Waals surface area (Å²) in [6, 6.07) is 6.94. The highest BCUT2D eigenvalue weighted by molar-refractivity contribution is 5.81. The van der Waals surface area contributed by atoms with E-state index in [-0.39, 0.29) is 11.7 Å². The van der Waals surface area contributed by atoms with E-state index < -0.39 is 0 Å². The molecule has 0 saturated heterocycles. The number of phenols is 1.